The van der Waals surface area contributed by atoms with Crippen LogP contribution >= 0.6 is 27.3 Å². The van der Waals surface area contributed by atoms with Crippen LogP contribution in [0, 0.1) is 0 Å². The lowest BCUT2D eigenvalue weighted by atomic mass is 10.2. The first-order valence-electron chi connectivity index (χ1n) is 5.25. The number of anilines is 1. The van der Waals surface area contributed by atoms with E-state index in [1.807, 2.05) is 0 Å². The minimum atomic E-state index is -0.828. The molecule has 0 aromatic carbocycles. The van der Waals surface area contributed by atoms with Crippen LogP contribution in [0.5, 0.6) is 0 Å². The number of esters is 2. The molecule has 1 heterocycles. The van der Waals surface area contributed by atoms with E-state index in [4.69, 9.17) is 15.2 Å². The molecule has 1 atom stereocenters. The first-order valence-corrected chi connectivity index (χ1v) is 6.98. The van der Waals surface area contributed by atoms with Crippen molar-refractivity contribution in [3.63, 3.8) is 0 Å². The lowest BCUT2D eigenvalue weighted by Crippen LogP contribution is -2.14. The Balaban J connectivity index is 3.01. The molecule has 0 saturated carbocycles. The second kappa shape index (κ2) is 6.69. The number of carbonyl (C=O) groups excluding carboxylic acids is 2. The van der Waals surface area contributed by atoms with Crippen LogP contribution in [0.4, 0.5) is 5.13 Å². The van der Waals surface area contributed by atoms with Gasteiger partial charge in [-0.05, 0) is 13.8 Å². The SMILES string of the molecule is CCOC(=O)c1sc(N)nc1C(Br)C(=O)OCC. The summed E-state index contributed by atoms with van der Waals surface area (Å²) in [5.41, 5.74) is 5.78. The highest BCUT2D eigenvalue weighted by Crippen LogP contribution is 2.32. The minimum Gasteiger partial charge on any atom is -0.465 e. The molecule has 6 nitrogen and oxygen atoms in total. The van der Waals surface area contributed by atoms with Crippen molar-refractivity contribution in [1.29, 1.82) is 0 Å². The van der Waals surface area contributed by atoms with E-state index in [0.29, 0.717) is 0 Å². The number of rotatable bonds is 5. The summed E-state index contributed by atoms with van der Waals surface area (Å²) in [6.45, 7) is 3.87. The molecule has 0 aliphatic carbocycles. The number of hydrogen-bond donors (Lipinski definition) is 1. The van der Waals surface area contributed by atoms with E-state index in [9.17, 15) is 9.59 Å². The molecule has 0 radical (unpaired) electrons. The number of ether oxygens (including phenoxy) is 2. The Morgan fingerprint density at radius 2 is 2.00 bits per heavy atom. The molecule has 1 aromatic heterocycles. The Labute approximate surface area is 117 Å². The van der Waals surface area contributed by atoms with Gasteiger partial charge in [0.1, 0.15) is 4.88 Å². The van der Waals surface area contributed by atoms with Gasteiger partial charge < -0.3 is 15.2 Å². The number of alkyl halides is 1. The van der Waals surface area contributed by atoms with Gasteiger partial charge >= 0.3 is 11.9 Å². The first-order chi connectivity index (χ1) is 8.51. The number of nitrogens with zero attached hydrogens (tertiary/aromatic N) is 1. The monoisotopic (exact) mass is 336 g/mol. The summed E-state index contributed by atoms with van der Waals surface area (Å²) in [4.78, 5) is 26.6. The highest BCUT2D eigenvalue weighted by atomic mass is 79.9. The van der Waals surface area contributed by atoms with Crippen molar-refractivity contribution in [2.24, 2.45) is 0 Å². The molecule has 1 unspecified atom stereocenters. The Bertz CT molecular complexity index is 449. The topological polar surface area (TPSA) is 91.5 Å². The molecule has 1 aromatic rings. The third kappa shape index (κ3) is 3.42. The maximum Gasteiger partial charge on any atom is 0.350 e. The number of thiazole rings is 1. The van der Waals surface area contributed by atoms with Crippen molar-refractivity contribution < 1.29 is 19.1 Å². The molecule has 100 valence electrons. The Morgan fingerprint density at radius 1 is 1.39 bits per heavy atom. The molecule has 0 saturated heterocycles. The normalized spacial score (nSPS) is 11.9. The predicted octanol–water partition coefficient (Wildman–Crippen LogP) is 1.90. The fourth-order valence-electron chi connectivity index (χ4n) is 1.19. The predicted molar refractivity (Wildman–Crippen MR) is 70.8 cm³/mol. The van der Waals surface area contributed by atoms with Gasteiger partial charge in [-0.1, -0.05) is 27.3 Å². The summed E-state index contributed by atoms with van der Waals surface area (Å²) in [5.74, 6) is -1.07. The Kier molecular flexibility index (Phi) is 5.54. The summed E-state index contributed by atoms with van der Waals surface area (Å²) in [6.07, 6.45) is 0. The third-order valence-corrected chi connectivity index (χ3v) is 3.55. The van der Waals surface area contributed by atoms with Crippen LogP contribution in [-0.4, -0.2) is 30.1 Å². The number of nitrogen functional groups attached to an aromatic ring is 1. The number of aromatic nitrogens is 1. The molecule has 0 aliphatic rings. The summed E-state index contributed by atoms with van der Waals surface area (Å²) < 4.78 is 9.72. The van der Waals surface area contributed by atoms with Crippen molar-refractivity contribution in [2.75, 3.05) is 18.9 Å². The van der Waals surface area contributed by atoms with Crippen LogP contribution in [0.25, 0.3) is 0 Å². The zero-order valence-corrected chi connectivity index (χ0v) is 12.3. The fraction of sp³-hybridized carbons (Fsp3) is 0.500. The Hall–Kier alpha value is -1.15. The lowest BCUT2D eigenvalue weighted by molar-refractivity contribution is -0.142. The van der Waals surface area contributed by atoms with Gasteiger partial charge in [-0.2, -0.15) is 0 Å². The van der Waals surface area contributed by atoms with Crippen molar-refractivity contribution in [3.05, 3.63) is 10.6 Å². The van der Waals surface area contributed by atoms with E-state index < -0.39 is 16.8 Å². The molecular weight excluding hydrogens is 324 g/mol. The Morgan fingerprint density at radius 3 is 2.56 bits per heavy atom. The highest BCUT2D eigenvalue weighted by molar-refractivity contribution is 9.09. The van der Waals surface area contributed by atoms with Gasteiger partial charge in [0.05, 0.1) is 18.9 Å². The second-order valence-electron chi connectivity index (χ2n) is 3.10. The van der Waals surface area contributed by atoms with Crippen LogP contribution in [0.15, 0.2) is 0 Å². The summed E-state index contributed by atoms with van der Waals surface area (Å²) in [7, 11) is 0. The van der Waals surface area contributed by atoms with E-state index in [1.54, 1.807) is 13.8 Å². The van der Waals surface area contributed by atoms with E-state index in [0.717, 1.165) is 11.3 Å². The average Bonchev–Trinajstić information content (AvgIpc) is 2.71. The molecule has 0 aliphatic heterocycles. The van der Waals surface area contributed by atoms with Crippen LogP contribution in [-0.2, 0) is 14.3 Å². The molecule has 0 fully saturated rings. The van der Waals surface area contributed by atoms with Crippen LogP contribution in [0.2, 0.25) is 0 Å². The summed E-state index contributed by atoms with van der Waals surface area (Å²) >= 11 is 4.12. The van der Waals surface area contributed by atoms with Gasteiger partial charge in [-0.3, -0.25) is 4.79 Å². The van der Waals surface area contributed by atoms with Gasteiger partial charge in [0.2, 0.25) is 0 Å². The molecule has 8 heteroatoms. The molecule has 1 rings (SSSR count). The van der Waals surface area contributed by atoms with E-state index in [2.05, 4.69) is 20.9 Å². The van der Waals surface area contributed by atoms with Crippen molar-refractivity contribution in [2.45, 2.75) is 18.7 Å². The molecule has 18 heavy (non-hydrogen) atoms. The average molecular weight is 337 g/mol. The smallest absolute Gasteiger partial charge is 0.350 e. The third-order valence-electron chi connectivity index (χ3n) is 1.86. The maximum atomic E-state index is 11.7. The number of carbonyl (C=O) groups is 2. The van der Waals surface area contributed by atoms with E-state index in [-0.39, 0.29) is 28.9 Å². The van der Waals surface area contributed by atoms with Crippen molar-refractivity contribution >= 4 is 44.3 Å². The molecule has 2 N–H and O–H groups in total. The van der Waals surface area contributed by atoms with E-state index in [1.165, 1.54) is 0 Å². The van der Waals surface area contributed by atoms with Crippen LogP contribution in [0.1, 0.15) is 34.0 Å². The van der Waals surface area contributed by atoms with Gasteiger partial charge in [0, 0.05) is 0 Å². The van der Waals surface area contributed by atoms with Crippen molar-refractivity contribution in [1.82, 2.24) is 4.98 Å². The minimum absolute atomic E-state index is 0.196. The van der Waals surface area contributed by atoms with Crippen LogP contribution < -0.4 is 5.73 Å². The largest absolute Gasteiger partial charge is 0.465 e. The zero-order valence-electron chi connectivity index (χ0n) is 9.94. The van der Waals surface area contributed by atoms with Gasteiger partial charge in [0.25, 0.3) is 0 Å². The number of hydrogen-bond acceptors (Lipinski definition) is 7. The molecule has 0 amide bonds. The fourth-order valence-corrected chi connectivity index (χ4v) is 2.57. The van der Waals surface area contributed by atoms with Gasteiger partial charge in [0.15, 0.2) is 9.96 Å². The summed E-state index contributed by atoms with van der Waals surface area (Å²) in [5, 5.41) is 0.196. The second-order valence-corrected chi connectivity index (χ2v) is 5.05. The molecular formula is C10H13BrN2O4S. The lowest BCUT2D eigenvalue weighted by Gasteiger charge is -2.08. The van der Waals surface area contributed by atoms with Crippen LogP contribution in [0.3, 0.4) is 0 Å². The highest BCUT2D eigenvalue weighted by Gasteiger charge is 2.29. The molecule has 0 spiro atoms. The number of halogens is 1. The molecule has 0 bridgehead atoms. The zero-order chi connectivity index (χ0) is 13.7. The quantitative estimate of drug-likeness (QED) is 0.652. The van der Waals surface area contributed by atoms with Crippen molar-refractivity contribution in [3.8, 4) is 0 Å². The van der Waals surface area contributed by atoms with E-state index >= 15 is 0 Å². The summed E-state index contributed by atoms with van der Waals surface area (Å²) in [6, 6.07) is 0. The first kappa shape index (κ1) is 14.9. The van der Waals surface area contributed by atoms with Gasteiger partial charge in [-0.25, -0.2) is 9.78 Å². The maximum absolute atomic E-state index is 11.7. The standard InChI is InChI=1S/C10H13BrN2O4S/c1-3-16-8(14)5(11)6-7(9(15)17-4-2)18-10(12)13-6/h5H,3-4H2,1-2H3,(H2,12,13). The number of nitrogens with two attached hydrogens (primary N) is 1. The van der Waals surface area contributed by atoms with Gasteiger partial charge in [-0.15, -0.1) is 0 Å².